The minimum Gasteiger partial charge on any atom is -0.364 e. The van der Waals surface area contributed by atoms with Gasteiger partial charge in [-0.1, -0.05) is 61.9 Å². The first-order valence-corrected chi connectivity index (χ1v) is 6.61. The van der Waals surface area contributed by atoms with Crippen LogP contribution in [0.25, 0.3) is 0 Å². The smallest absolute Gasteiger partial charge is 0.151 e. The molecule has 0 aliphatic rings. The number of rotatable bonds is 5. The molecule has 19 heavy (non-hydrogen) atoms. The minimum atomic E-state index is -0.655. The summed E-state index contributed by atoms with van der Waals surface area (Å²) < 4.78 is 0. The van der Waals surface area contributed by atoms with Crippen molar-refractivity contribution in [1.82, 2.24) is 0 Å². The average molecular weight is 250 g/mol. The van der Waals surface area contributed by atoms with Crippen molar-refractivity contribution in [2.75, 3.05) is 5.32 Å². The standard InChI is InChI=1S/C17H18N2/c1-2-13-17(14-18,15-9-5-3-6-10-15)19-16-11-7-4-8-12-16/h3-12,19H,2,13H2,1H3. The van der Waals surface area contributed by atoms with E-state index in [2.05, 4.69) is 18.3 Å². The van der Waals surface area contributed by atoms with Gasteiger partial charge in [0.05, 0.1) is 6.07 Å². The lowest BCUT2D eigenvalue weighted by molar-refractivity contribution is 0.559. The summed E-state index contributed by atoms with van der Waals surface area (Å²) in [5.41, 5.74) is 1.33. The number of nitrogens with zero attached hydrogens (tertiary/aromatic N) is 1. The van der Waals surface area contributed by atoms with Crippen LogP contribution in [0.1, 0.15) is 25.3 Å². The zero-order valence-electron chi connectivity index (χ0n) is 11.1. The van der Waals surface area contributed by atoms with Gasteiger partial charge in [-0.15, -0.1) is 0 Å². The van der Waals surface area contributed by atoms with Gasteiger partial charge < -0.3 is 5.32 Å². The number of para-hydroxylation sites is 1. The second kappa shape index (κ2) is 6.06. The first kappa shape index (κ1) is 13.2. The maximum absolute atomic E-state index is 9.71. The van der Waals surface area contributed by atoms with E-state index < -0.39 is 5.54 Å². The first-order chi connectivity index (χ1) is 9.30. The topological polar surface area (TPSA) is 35.8 Å². The number of nitrogens with one attached hydrogen (secondary N) is 1. The highest BCUT2D eigenvalue weighted by molar-refractivity contribution is 5.50. The van der Waals surface area contributed by atoms with Crippen molar-refractivity contribution >= 4 is 5.69 Å². The Hall–Kier alpha value is -2.27. The van der Waals surface area contributed by atoms with Gasteiger partial charge in [0.2, 0.25) is 0 Å². The molecule has 2 nitrogen and oxygen atoms in total. The third-order valence-corrected chi connectivity index (χ3v) is 3.21. The van der Waals surface area contributed by atoms with Gasteiger partial charge in [-0.25, -0.2) is 0 Å². The highest BCUT2D eigenvalue weighted by atomic mass is 15.0. The third-order valence-electron chi connectivity index (χ3n) is 3.21. The fourth-order valence-corrected chi connectivity index (χ4v) is 2.29. The molecule has 0 aliphatic carbocycles. The molecule has 0 heterocycles. The number of anilines is 1. The molecule has 0 aliphatic heterocycles. The fourth-order valence-electron chi connectivity index (χ4n) is 2.29. The molecule has 0 spiro atoms. The predicted molar refractivity (Wildman–Crippen MR) is 78.7 cm³/mol. The van der Waals surface area contributed by atoms with Gasteiger partial charge in [0.1, 0.15) is 0 Å². The lowest BCUT2D eigenvalue weighted by Crippen LogP contribution is -2.33. The molecule has 0 saturated heterocycles. The van der Waals surface area contributed by atoms with Crippen LogP contribution in [0, 0.1) is 11.3 Å². The van der Waals surface area contributed by atoms with E-state index >= 15 is 0 Å². The summed E-state index contributed by atoms with van der Waals surface area (Å²) in [5, 5.41) is 13.1. The van der Waals surface area contributed by atoms with Crippen LogP contribution < -0.4 is 5.32 Å². The number of hydrogen-bond donors (Lipinski definition) is 1. The van der Waals surface area contributed by atoms with E-state index in [0.29, 0.717) is 0 Å². The van der Waals surface area contributed by atoms with E-state index in [1.165, 1.54) is 0 Å². The molecule has 0 bridgehead atoms. The van der Waals surface area contributed by atoms with Crippen LogP contribution in [0.15, 0.2) is 60.7 Å². The summed E-state index contributed by atoms with van der Waals surface area (Å²) in [5.74, 6) is 0. The molecule has 0 fully saturated rings. The molecule has 1 N–H and O–H groups in total. The average Bonchev–Trinajstić information content (AvgIpc) is 2.49. The molecular formula is C17H18N2. The Bertz CT molecular complexity index is 542. The molecule has 1 atom stereocenters. The number of hydrogen-bond acceptors (Lipinski definition) is 2. The van der Waals surface area contributed by atoms with Gasteiger partial charge in [0.15, 0.2) is 5.54 Å². The highest BCUT2D eigenvalue weighted by Crippen LogP contribution is 2.30. The van der Waals surface area contributed by atoms with E-state index in [-0.39, 0.29) is 0 Å². The Labute approximate surface area is 114 Å². The molecule has 2 aromatic carbocycles. The summed E-state index contributed by atoms with van der Waals surface area (Å²) in [7, 11) is 0. The third kappa shape index (κ3) is 2.95. The summed E-state index contributed by atoms with van der Waals surface area (Å²) >= 11 is 0. The van der Waals surface area contributed by atoms with Crippen LogP contribution in [0.4, 0.5) is 5.69 Å². The number of benzene rings is 2. The first-order valence-electron chi connectivity index (χ1n) is 6.61. The second-order valence-corrected chi connectivity index (χ2v) is 4.62. The summed E-state index contributed by atoms with van der Waals surface area (Å²) in [6, 6.07) is 22.3. The van der Waals surface area contributed by atoms with Crippen LogP contribution in [0.2, 0.25) is 0 Å². The second-order valence-electron chi connectivity index (χ2n) is 4.62. The molecular weight excluding hydrogens is 232 g/mol. The van der Waals surface area contributed by atoms with Crippen molar-refractivity contribution in [2.45, 2.75) is 25.3 Å². The predicted octanol–water partition coefficient (Wildman–Crippen LogP) is 4.32. The Morgan fingerprint density at radius 1 is 1.00 bits per heavy atom. The fraction of sp³-hybridized carbons (Fsp3) is 0.235. The maximum Gasteiger partial charge on any atom is 0.151 e. The molecule has 1 unspecified atom stereocenters. The normalized spacial score (nSPS) is 13.3. The lowest BCUT2D eigenvalue weighted by Gasteiger charge is -2.29. The van der Waals surface area contributed by atoms with Crippen molar-refractivity contribution in [3.8, 4) is 6.07 Å². The molecule has 0 aromatic heterocycles. The van der Waals surface area contributed by atoms with E-state index in [1.54, 1.807) is 0 Å². The Kier molecular flexibility index (Phi) is 4.20. The van der Waals surface area contributed by atoms with E-state index in [9.17, 15) is 5.26 Å². The van der Waals surface area contributed by atoms with E-state index in [1.807, 2.05) is 60.7 Å². The van der Waals surface area contributed by atoms with Crippen LogP contribution in [0.5, 0.6) is 0 Å². The molecule has 0 amide bonds. The van der Waals surface area contributed by atoms with E-state index in [4.69, 9.17) is 0 Å². The van der Waals surface area contributed by atoms with Gasteiger partial charge in [-0.3, -0.25) is 0 Å². The SMILES string of the molecule is CCCC(C#N)(Nc1ccccc1)c1ccccc1. The quantitative estimate of drug-likeness (QED) is 0.858. The van der Waals surface area contributed by atoms with Crippen molar-refractivity contribution in [3.63, 3.8) is 0 Å². The van der Waals surface area contributed by atoms with Crippen LogP contribution in [0.3, 0.4) is 0 Å². The lowest BCUT2D eigenvalue weighted by atomic mass is 9.86. The van der Waals surface area contributed by atoms with Crippen molar-refractivity contribution in [3.05, 3.63) is 66.2 Å². The highest BCUT2D eigenvalue weighted by Gasteiger charge is 2.30. The molecule has 2 rings (SSSR count). The molecule has 2 heteroatoms. The van der Waals surface area contributed by atoms with Gasteiger partial charge in [-0.2, -0.15) is 5.26 Å². The monoisotopic (exact) mass is 250 g/mol. The Morgan fingerprint density at radius 3 is 2.11 bits per heavy atom. The van der Waals surface area contributed by atoms with Crippen LogP contribution in [-0.4, -0.2) is 0 Å². The molecule has 2 aromatic rings. The van der Waals surface area contributed by atoms with Crippen molar-refractivity contribution in [1.29, 1.82) is 5.26 Å². The molecule has 0 saturated carbocycles. The largest absolute Gasteiger partial charge is 0.364 e. The van der Waals surface area contributed by atoms with Crippen molar-refractivity contribution < 1.29 is 0 Å². The van der Waals surface area contributed by atoms with Crippen LogP contribution >= 0.6 is 0 Å². The van der Waals surface area contributed by atoms with Gasteiger partial charge in [-0.05, 0) is 24.1 Å². The number of nitriles is 1. The molecule has 0 radical (unpaired) electrons. The van der Waals surface area contributed by atoms with Crippen LogP contribution in [-0.2, 0) is 5.54 Å². The van der Waals surface area contributed by atoms with Gasteiger partial charge in [0, 0.05) is 5.69 Å². The van der Waals surface area contributed by atoms with Crippen molar-refractivity contribution in [2.24, 2.45) is 0 Å². The zero-order chi connectivity index (χ0) is 13.6. The minimum absolute atomic E-state index is 0.655. The summed E-state index contributed by atoms with van der Waals surface area (Å²) in [6.45, 7) is 2.10. The summed E-state index contributed by atoms with van der Waals surface area (Å²) in [6.07, 6.45) is 1.73. The zero-order valence-corrected chi connectivity index (χ0v) is 11.1. The van der Waals surface area contributed by atoms with Gasteiger partial charge >= 0.3 is 0 Å². The van der Waals surface area contributed by atoms with Gasteiger partial charge in [0.25, 0.3) is 0 Å². The Morgan fingerprint density at radius 2 is 1.58 bits per heavy atom. The van der Waals surface area contributed by atoms with E-state index in [0.717, 1.165) is 24.1 Å². The molecule has 96 valence electrons. The summed E-state index contributed by atoms with van der Waals surface area (Å²) in [4.78, 5) is 0. The maximum atomic E-state index is 9.71. The Balaban J connectivity index is 2.38.